The second kappa shape index (κ2) is 6.21. The summed E-state index contributed by atoms with van der Waals surface area (Å²) in [5.41, 5.74) is 4.59. The topological polar surface area (TPSA) is 29.9 Å². The first-order valence-corrected chi connectivity index (χ1v) is 6.48. The number of para-hydroxylation sites is 1. The number of terminal acetylenes is 1. The van der Waals surface area contributed by atoms with E-state index in [0.29, 0.717) is 0 Å². The van der Waals surface area contributed by atoms with Gasteiger partial charge < -0.3 is 5.32 Å². The van der Waals surface area contributed by atoms with E-state index in [-0.39, 0.29) is 0 Å². The van der Waals surface area contributed by atoms with Gasteiger partial charge in [-0.3, -0.25) is 0 Å². The van der Waals surface area contributed by atoms with Crippen LogP contribution in [0.4, 0.5) is 0 Å². The van der Waals surface area contributed by atoms with E-state index >= 15 is 0 Å². The zero-order valence-electron chi connectivity index (χ0n) is 11.5. The highest BCUT2D eigenvalue weighted by atomic mass is 15.3. The molecule has 1 aromatic heterocycles. The van der Waals surface area contributed by atoms with E-state index in [9.17, 15) is 0 Å². The molecule has 3 nitrogen and oxygen atoms in total. The van der Waals surface area contributed by atoms with Crippen molar-refractivity contribution in [3.8, 4) is 18.0 Å². The minimum absolute atomic E-state index is 0.755. The van der Waals surface area contributed by atoms with Gasteiger partial charge in [0.25, 0.3) is 0 Å². The molecular formula is C16H19N3. The number of aromatic nitrogens is 2. The summed E-state index contributed by atoms with van der Waals surface area (Å²) in [4.78, 5) is 0. The predicted molar refractivity (Wildman–Crippen MR) is 78.2 cm³/mol. The van der Waals surface area contributed by atoms with E-state index in [0.717, 1.165) is 30.9 Å². The molecule has 0 aliphatic carbocycles. The minimum atomic E-state index is 0.755. The van der Waals surface area contributed by atoms with Crippen LogP contribution in [0.2, 0.25) is 0 Å². The molecule has 1 aromatic carbocycles. The molecule has 0 bridgehead atoms. The first-order valence-electron chi connectivity index (χ1n) is 6.48. The Kier molecular flexibility index (Phi) is 4.38. The third kappa shape index (κ3) is 3.04. The number of aryl methyl sites for hydroxylation is 1. The Balaban J connectivity index is 2.18. The highest BCUT2D eigenvalue weighted by Crippen LogP contribution is 2.17. The monoisotopic (exact) mass is 253 g/mol. The van der Waals surface area contributed by atoms with Crippen molar-refractivity contribution in [3.05, 3.63) is 47.3 Å². The minimum Gasteiger partial charge on any atom is -0.312 e. The zero-order valence-corrected chi connectivity index (χ0v) is 11.5. The van der Waals surface area contributed by atoms with Gasteiger partial charge in [0.1, 0.15) is 0 Å². The number of hydrogen-bond donors (Lipinski definition) is 1. The molecule has 1 N–H and O–H groups in total. The maximum Gasteiger partial charge on any atom is 0.0648 e. The van der Waals surface area contributed by atoms with Crippen molar-refractivity contribution in [2.75, 3.05) is 6.54 Å². The van der Waals surface area contributed by atoms with Crippen LogP contribution in [0, 0.1) is 26.2 Å². The molecule has 0 unspecified atom stereocenters. The van der Waals surface area contributed by atoms with Gasteiger partial charge in [0.15, 0.2) is 0 Å². The second-order valence-corrected chi connectivity index (χ2v) is 4.53. The first kappa shape index (κ1) is 13.4. The van der Waals surface area contributed by atoms with Crippen LogP contribution < -0.4 is 5.32 Å². The maximum atomic E-state index is 5.24. The molecule has 0 saturated carbocycles. The van der Waals surface area contributed by atoms with Gasteiger partial charge in [0.2, 0.25) is 0 Å². The van der Waals surface area contributed by atoms with Gasteiger partial charge >= 0.3 is 0 Å². The molecule has 3 heteroatoms. The smallest absolute Gasteiger partial charge is 0.0648 e. The highest BCUT2D eigenvalue weighted by molar-refractivity contribution is 5.36. The van der Waals surface area contributed by atoms with Gasteiger partial charge in [-0.1, -0.05) is 18.2 Å². The molecule has 0 amide bonds. The van der Waals surface area contributed by atoms with Crippen molar-refractivity contribution in [3.63, 3.8) is 0 Å². The Morgan fingerprint density at radius 1 is 1.26 bits per heavy atom. The Bertz CT molecular complexity index is 576. The van der Waals surface area contributed by atoms with Gasteiger partial charge in [-0.2, -0.15) is 5.10 Å². The fourth-order valence-corrected chi connectivity index (χ4v) is 2.13. The lowest BCUT2D eigenvalue weighted by atomic mass is 10.2. The van der Waals surface area contributed by atoms with Crippen molar-refractivity contribution in [2.45, 2.75) is 26.8 Å². The van der Waals surface area contributed by atoms with E-state index in [1.165, 1.54) is 11.3 Å². The van der Waals surface area contributed by atoms with Gasteiger partial charge in [0.05, 0.1) is 11.4 Å². The Morgan fingerprint density at radius 2 is 2.00 bits per heavy atom. The van der Waals surface area contributed by atoms with Crippen LogP contribution in [0.15, 0.2) is 30.3 Å². The summed E-state index contributed by atoms with van der Waals surface area (Å²) < 4.78 is 1.99. The van der Waals surface area contributed by atoms with Crippen LogP contribution in [-0.4, -0.2) is 16.3 Å². The lowest BCUT2D eigenvalue weighted by molar-refractivity contribution is 0.695. The molecule has 0 fully saturated rings. The summed E-state index contributed by atoms with van der Waals surface area (Å²) >= 11 is 0. The van der Waals surface area contributed by atoms with Crippen LogP contribution in [0.5, 0.6) is 0 Å². The molecule has 1 heterocycles. The Hall–Kier alpha value is -2.05. The zero-order chi connectivity index (χ0) is 13.7. The highest BCUT2D eigenvalue weighted by Gasteiger charge is 2.11. The average molecular weight is 253 g/mol. The van der Waals surface area contributed by atoms with E-state index in [4.69, 9.17) is 6.42 Å². The molecule has 98 valence electrons. The predicted octanol–water partition coefficient (Wildman–Crippen LogP) is 2.60. The van der Waals surface area contributed by atoms with Crippen LogP contribution in [0.25, 0.3) is 5.69 Å². The standard InChI is InChI=1S/C16H19N3/c1-4-5-11-17-12-16-13(2)18-19(14(16)3)15-9-7-6-8-10-15/h1,6-10,17H,5,11-12H2,2-3H3. The third-order valence-electron chi connectivity index (χ3n) is 3.19. The number of nitrogens with zero attached hydrogens (tertiary/aromatic N) is 2. The molecule has 19 heavy (non-hydrogen) atoms. The van der Waals surface area contributed by atoms with E-state index in [1.54, 1.807) is 0 Å². The van der Waals surface area contributed by atoms with Crippen molar-refractivity contribution < 1.29 is 0 Å². The van der Waals surface area contributed by atoms with Crippen LogP contribution in [-0.2, 0) is 6.54 Å². The molecule has 0 radical (unpaired) electrons. The Morgan fingerprint density at radius 3 is 2.68 bits per heavy atom. The quantitative estimate of drug-likeness (QED) is 0.655. The summed E-state index contributed by atoms with van der Waals surface area (Å²) in [5, 5.41) is 7.97. The van der Waals surface area contributed by atoms with Crippen LogP contribution >= 0.6 is 0 Å². The summed E-state index contributed by atoms with van der Waals surface area (Å²) in [5.74, 6) is 2.63. The first-order chi connectivity index (χ1) is 9.24. The second-order valence-electron chi connectivity index (χ2n) is 4.53. The van der Waals surface area contributed by atoms with Gasteiger partial charge in [-0.25, -0.2) is 4.68 Å². The molecule has 0 spiro atoms. The number of hydrogen-bond acceptors (Lipinski definition) is 2. The van der Waals surface area contributed by atoms with Crippen molar-refractivity contribution in [1.82, 2.24) is 15.1 Å². The molecular weight excluding hydrogens is 234 g/mol. The molecule has 0 saturated heterocycles. The average Bonchev–Trinajstić information content (AvgIpc) is 2.72. The normalized spacial score (nSPS) is 10.4. The van der Waals surface area contributed by atoms with Crippen molar-refractivity contribution in [1.29, 1.82) is 0 Å². The summed E-state index contributed by atoms with van der Waals surface area (Å²) in [7, 11) is 0. The molecule has 0 aliphatic rings. The number of nitrogens with one attached hydrogen (secondary N) is 1. The van der Waals surface area contributed by atoms with Crippen molar-refractivity contribution >= 4 is 0 Å². The van der Waals surface area contributed by atoms with Crippen LogP contribution in [0.1, 0.15) is 23.4 Å². The van der Waals surface area contributed by atoms with E-state index in [2.05, 4.69) is 35.4 Å². The Labute approximate surface area is 114 Å². The number of rotatable bonds is 5. The fraction of sp³-hybridized carbons (Fsp3) is 0.312. The maximum absolute atomic E-state index is 5.24. The van der Waals surface area contributed by atoms with Crippen LogP contribution in [0.3, 0.4) is 0 Å². The lowest BCUT2D eigenvalue weighted by Crippen LogP contribution is -2.15. The van der Waals surface area contributed by atoms with Gasteiger partial charge in [0, 0.05) is 30.8 Å². The lowest BCUT2D eigenvalue weighted by Gasteiger charge is -2.06. The largest absolute Gasteiger partial charge is 0.312 e. The summed E-state index contributed by atoms with van der Waals surface area (Å²) in [6.07, 6.45) is 6.00. The fourth-order valence-electron chi connectivity index (χ4n) is 2.13. The van der Waals surface area contributed by atoms with E-state index < -0.39 is 0 Å². The SMILES string of the molecule is C#CCCNCc1c(C)nn(-c2ccccc2)c1C. The van der Waals surface area contributed by atoms with Crippen molar-refractivity contribution in [2.24, 2.45) is 0 Å². The molecule has 2 aromatic rings. The third-order valence-corrected chi connectivity index (χ3v) is 3.19. The summed E-state index contributed by atoms with van der Waals surface area (Å²) in [6, 6.07) is 10.2. The number of benzene rings is 1. The van der Waals surface area contributed by atoms with Gasteiger partial charge in [-0.15, -0.1) is 12.3 Å². The molecule has 0 aliphatic heterocycles. The van der Waals surface area contributed by atoms with Gasteiger partial charge in [-0.05, 0) is 26.0 Å². The van der Waals surface area contributed by atoms with E-state index in [1.807, 2.05) is 29.8 Å². The summed E-state index contributed by atoms with van der Waals surface area (Å²) in [6.45, 7) is 5.80. The molecule has 2 rings (SSSR count). The molecule has 0 atom stereocenters.